The van der Waals surface area contributed by atoms with Crippen LogP contribution in [0.3, 0.4) is 0 Å². The van der Waals surface area contributed by atoms with Crippen molar-refractivity contribution in [3.05, 3.63) is 0 Å². The summed E-state index contributed by atoms with van der Waals surface area (Å²) in [6.07, 6.45) is 0.0311. The summed E-state index contributed by atoms with van der Waals surface area (Å²) >= 11 is 0. The van der Waals surface area contributed by atoms with Gasteiger partial charge in [0.15, 0.2) is 5.79 Å². The van der Waals surface area contributed by atoms with E-state index in [1.807, 2.05) is 13.8 Å². The van der Waals surface area contributed by atoms with Crippen molar-refractivity contribution in [1.29, 1.82) is 0 Å². The van der Waals surface area contributed by atoms with Crippen molar-refractivity contribution in [1.82, 2.24) is 5.32 Å². The Kier molecular flexibility index (Phi) is 4.52. The Morgan fingerprint density at radius 3 is 2.65 bits per heavy atom. The average Bonchev–Trinajstić information content (AvgIpc) is 2.22. The lowest BCUT2D eigenvalue weighted by molar-refractivity contribution is -0.304. The molecule has 1 atom stereocenters. The third-order valence-corrected chi connectivity index (χ3v) is 2.78. The largest absolute Gasteiger partial charge is 0.396 e. The minimum Gasteiger partial charge on any atom is -0.396 e. The van der Waals surface area contributed by atoms with E-state index in [1.54, 1.807) is 13.8 Å². The van der Waals surface area contributed by atoms with Crippen molar-refractivity contribution >= 4 is 5.91 Å². The lowest BCUT2D eigenvalue weighted by atomic mass is 9.85. The van der Waals surface area contributed by atoms with Gasteiger partial charge in [0.25, 0.3) is 0 Å². The smallest absolute Gasteiger partial charge is 0.249 e. The highest BCUT2D eigenvalue weighted by molar-refractivity contribution is 5.81. The Bertz CT molecular complexity index is 276. The van der Waals surface area contributed by atoms with Crippen LogP contribution in [0.25, 0.3) is 0 Å². The van der Waals surface area contributed by atoms with Crippen LogP contribution in [0.2, 0.25) is 0 Å². The summed E-state index contributed by atoms with van der Waals surface area (Å²) in [6.45, 7) is 8.51. The van der Waals surface area contributed by atoms with Crippen LogP contribution in [-0.4, -0.2) is 42.7 Å². The first kappa shape index (κ1) is 14.4. The van der Waals surface area contributed by atoms with Gasteiger partial charge in [0.2, 0.25) is 5.91 Å². The molecule has 1 aliphatic heterocycles. The van der Waals surface area contributed by atoms with E-state index >= 15 is 0 Å². The van der Waals surface area contributed by atoms with Gasteiger partial charge < -0.3 is 19.9 Å². The number of ether oxygens (including phenoxy) is 2. The number of carbonyl (C=O) groups excluding carboxylic acids is 1. The third-order valence-electron chi connectivity index (χ3n) is 2.78. The summed E-state index contributed by atoms with van der Waals surface area (Å²) in [6, 6.07) is 0. The fraction of sp³-hybridized carbons (Fsp3) is 0.917. The third kappa shape index (κ3) is 3.94. The first-order chi connectivity index (χ1) is 7.78. The number of rotatable bonds is 4. The second-order valence-corrected chi connectivity index (χ2v) is 5.54. The SMILES string of the molecule is CC1(C)OCC(C)(C)C(C(=O)NCCCO)O1. The van der Waals surface area contributed by atoms with E-state index in [2.05, 4.69) is 5.32 Å². The second-order valence-electron chi connectivity index (χ2n) is 5.54. The highest BCUT2D eigenvalue weighted by Gasteiger charge is 2.45. The van der Waals surface area contributed by atoms with Gasteiger partial charge >= 0.3 is 0 Å². The van der Waals surface area contributed by atoms with E-state index in [0.29, 0.717) is 19.6 Å². The van der Waals surface area contributed by atoms with Gasteiger partial charge in [0.1, 0.15) is 6.10 Å². The average molecular weight is 245 g/mol. The van der Waals surface area contributed by atoms with Crippen LogP contribution >= 0.6 is 0 Å². The first-order valence-corrected chi connectivity index (χ1v) is 5.99. The lowest BCUT2D eigenvalue weighted by Gasteiger charge is -2.44. The highest BCUT2D eigenvalue weighted by Crippen LogP contribution is 2.34. The topological polar surface area (TPSA) is 67.8 Å². The van der Waals surface area contributed by atoms with Crippen LogP contribution in [0, 0.1) is 5.41 Å². The van der Waals surface area contributed by atoms with E-state index < -0.39 is 11.9 Å². The zero-order valence-electron chi connectivity index (χ0n) is 11.1. The van der Waals surface area contributed by atoms with Crippen molar-refractivity contribution in [2.24, 2.45) is 5.41 Å². The van der Waals surface area contributed by atoms with Gasteiger partial charge in [0.05, 0.1) is 6.61 Å². The predicted molar refractivity (Wildman–Crippen MR) is 63.4 cm³/mol. The summed E-state index contributed by atoms with van der Waals surface area (Å²) in [7, 11) is 0. The van der Waals surface area contributed by atoms with Crippen molar-refractivity contribution in [3.8, 4) is 0 Å². The fourth-order valence-electron chi connectivity index (χ4n) is 1.70. The zero-order valence-corrected chi connectivity index (χ0v) is 11.1. The van der Waals surface area contributed by atoms with Crippen LogP contribution in [0.4, 0.5) is 0 Å². The zero-order chi connectivity index (χ0) is 13.1. The Hall–Kier alpha value is -0.650. The van der Waals surface area contributed by atoms with Gasteiger partial charge in [-0.25, -0.2) is 0 Å². The van der Waals surface area contributed by atoms with E-state index in [0.717, 1.165) is 0 Å². The molecule has 0 aromatic heterocycles. The van der Waals surface area contributed by atoms with Crippen LogP contribution in [-0.2, 0) is 14.3 Å². The summed E-state index contributed by atoms with van der Waals surface area (Å²) in [4.78, 5) is 12.0. The number of hydrogen-bond acceptors (Lipinski definition) is 4. The molecule has 17 heavy (non-hydrogen) atoms. The number of amides is 1. The molecule has 0 saturated carbocycles. The summed E-state index contributed by atoms with van der Waals surface area (Å²) in [5, 5.41) is 11.4. The molecule has 1 rings (SSSR count). The molecule has 5 heteroatoms. The molecule has 2 N–H and O–H groups in total. The molecule has 0 aliphatic carbocycles. The fourth-order valence-corrected chi connectivity index (χ4v) is 1.70. The molecule has 0 bridgehead atoms. The normalized spacial score (nSPS) is 26.5. The Labute approximate surface area is 102 Å². The second kappa shape index (κ2) is 5.33. The molecule has 0 aromatic carbocycles. The summed E-state index contributed by atoms with van der Waals surface area (Å²) in [5.74, 6) is -0.867. The van der Waals surface area contributed by atoms with Crippen LogP contribution < -0.4 is 5.32 Å². The number of aliphatic hydroxyl groups is 1. The van der Waals surface area contributed by atoms with E-state index in [4.69, 9.17) is 14.6 Å². The van der Waals surface area contributed by atoms with Crippen molar-refractivity contribution in [2.75, 3.05) is 19.8 Å². The molecule has 0 aromatic rings. The number of hydrogen-bond donors (Lipinski definition) is 2. The molecule has 1 heterocycles. The maximum Gasteiger partial charge on any atom is 0.249 e. The summed E-state index contributed by atoms with van der Waals surface area (Å²) in [5.41, 5.74) is -0.348. The van der Waals surface area contributed by atoms with Gasteiger partial charge in [0, 0.05) is 18.6 Å². The van der Waals surface area contributed by atoms with Gasteiger partial charge in [-0.15, -0.1) is 0 Å². The lowest BCUT2D eigenvalue weighted by Crippen LogP contribution is -2.56. The number of carbonyl (C=O) groups is 1. The van der Waals surface area contributed by atoms with Gasteiger partial charge in [-0.1, -0.05) is 13.8 Å². The molecule has 1 unspecified atom stereocenters. The molecular formula is C12H23NO4. The Morgan fingerprint density at radius 2 is 2.06 bits per heavy atom. The number of aliphatic hydroxyl groups excluding tert-OH is 1. The first-order valence-electron chi connectivity index (χ1n) is 5.99. The highest BCUT2D eigenvalue weighted by atomic mass is 16.7. The van der Waals surface area contributed by atoms with Crippen LogP contribution in [0.1, 0.15) is 34.1 Å². The van der Waals surface area contributed by atoms with Crippen LogP contribution in [0.5, 0.6) is 0 Å². The molecule has 1 amide bonds. The minimum absolute atomic E-state index is 0.0732. The molecule has 5 nitrogen and oxygen atoms in total. The molecular weight excluding hydrogens is 222 g/mol. The van der Waals surface area contributed by atoms with E-state index in [1.165, 1.54) is 0 Å². The molecule has 100 valence electrons. The molecule has 0 spiro atoms. The number of nitrogens with one attached hydrogen (secondary N) is 1. The van der Waals surface area contributed by atoms with Gasteiger partial charge in [-0.3, -0.25) is 4.79 Å². The van der Waals surface area contributed by atoms with E-state index in [9.17, 15) is 4.79 Å². The maximum absolute atomic E-state index is 12.0. The minimum atomic E-state index is -0.728. The summed E-state index contributed by atoms with van der Waals surface area (Å²) < 4.78 is 11.2. The van der Waals surface area contributed by atoms with Gasteiger partial charge in [-0.2, -0.15) is 0 Å². The van der Waals surface area contributed by atoms with Crippen molar-refractivity contribution < 1.29 is 19.4 Å². The molecule has 0 radical (unpaired) electrons. The van der Waals surface area contributed by atoms with Crippen LogP contribution in [0.15, 0.2) is 0 Å². The maximum atomic E-state index is 12.0. The quantitative estimate of drug-likeness (QED) is 0.714. The molecule has 1 saturated heterocycles. The van der Waals surface area contributed by atoms with Gasteiger partial charge in [-0.05, 0) is 20.3 Å². The predicted octanol–water partition coefficient (Wildman–Crippen LogP) is 0.663. The van der Waals surface area contributed by atoms with Crippen molar-refractivity contribution in [3.63, 3.8) is 0 Å². The van der Waals surface area contributed by atoms with Crippen molar-refractivity contribution in [2.45, 2.75) is 46.0 Å². The standard InChI is InChI=1S/C12H23NO4/c1-11(2)8-16-12(3,4)17-9(11)10(15)13-6-5-7-14/h9,14H,5-8H2,1-4H3,(H,13,15). The molecule has 1 aliphatic rings. The van der Waals surface area contributed by atoms with E-state index in [-0.39, 0.29) is 17.9 Å². The molecule has 1 fully saturated rings. The monoisotopic (exact) mass is 245 g/mol. The Balaban J connectivity index is 2.61. The Morgan fingerprint density at radius 1 is 1.41 bits per heavy atom.